The van der Waals surface area contributed by atoms with Crippen LogP contribution in [0.15, 0.2) is 60.3 Å². The van der Waals surface area contributed by atoms with E-state index in [-0.39, 0.29) is 11.6 Å². The molecule has 2 aromatic rings. The van der Waals surface area contributed by atoms with Crippen molar-refractivity contribution in [1.82, 2.24) is 4.90 Å². The van der Waals surface area contributed by atoms with Crippen molar-refractivity contribution in [3.8, 4) is 0 Å². The molecule has 8 heteroatoms. The minimum absolute atomic E-state index is 0.0182. The Bertz CT molecular complexity index is 991. The third kappa shape index (κ3) is 5.66. The monoisotopic (exact) mass is 437 g/mol. The molecule has 1 aliphatic heterocycles. The van der Waals surface area contributed by atoms with E-state index in [1.807, 2.05) is 60.4 Å². The van der Waals surface area contributed by atoms with Crippen LogP contribution in [0.4, 0.5) is 11.4 Å². The summed E-state index contributed by atoms with van der Waals surface area (Å²) in [6.07, 6.45) is 1.05. The molecule has 1 N–H and O–H groups in total. The second kappa shape index (κ2) is 10.5. The highest BCUT2D eigenvalue weighted by atomic mass is 16.5. The number of benzene rings is 2. The SMILES string of the molecule is COC(=O)/C=C(/Nc1ccc(N2CCN(C(=O)c3ccc(C)cc3)CC2)cc1)C(=O)OC. The number of nitrogens with one attached hydrogen (secondary N) is 1. The van der Waals surface area contributed by atoms with Gasteiger partial charge in [-0.25, -0.2) is 9.59 Å². The fraction of sp³-hybridized carbons (Fsp3) is 0.292. The predicted molar refractivity (Wildman–Crippen MR) is 121 cm³/mol. The van der Waals surface area contributed by atoms with Crippen molar-refractivity contribution < 1.29 is 23.9 Å². The molecule has 0 atom stereocenters. The van der Waals surface area contributed by atoms with Crippen molar-refractivity contribution >= 4 is 29.2 Å². The number of methoxy groups -OCH3 is 2. The quantitative estimate of drug-likeness (QED) is 0.549. The highest BCUT2D eigenvalue weighted by molar-refractivity contribution is 5.98. The lowest BCUT2D eigenvalue weighted by atomic mass is 10.1. The van der Waals surface area contributed by atoms with Crippen molar-refractivity contribution in [3.05, 3.63) is 71.4 Å². The van der Waals surface area contributed by atoms with E-state index in [0.717, 1.165) is 30.4 Å². The first kappa shape index (κ1) is 22.9. The zero-order valence-electron chi connectivity index (χ0n) is 18.5. The molecule has 168 valence electrons. The van der Waals surface area contributed by atoms with E-state index in [4.69, 9.17) is 4.74 Å². The Kier molecular flexibility index (Phi) is 7.49. The summed E-state index contributed by atoms with van der Waals surface area (Å²) in [4.78, 5) is 40.2. The molecule has 0 saturated carbocycles. The first-order chi connectivity index (χ1) is 15.4. The second-order valence-corrected chi connectivity index (χ2v) is 7.39. The van der Waals surface area contributed by atoms with Gasteiger partial charge >= 0.3 is 11.9 Å². The number of hydrogen-bond acceptors (Lipinski definition) is 7. The molecule has 0 spiro atoms. The average Bonchev–Trinajstić information content (AvgIpc) is 2.83. The number of ether oxygens (including phenoxy) is 2. The largest absolute Gasteiger partial charge is 0.466 e. The summed E-state index contributed by atoms with van der Waals surface area (Å²) < 4.78 is 9.27. The normalized spacial score (nSPS) is 14.0. The van der Waals surface area contributed by atoms with Gasteiger partial charge in [0.1, 0.15) is 5.70 Å². The molecule has 0 aromatic heterocycles. The maximum Gasteiger partial charge on any atom is 0.354 e. The molecular weight excluding hydrogens is 410 g/mol. The van der Waals surface area contributed by atoms with Gasteiger partial charge in [-0.05, 0) is 43.3 Å². The Morgan fingerprint density at radius 1 is 0.875 bits per heavy atom. The number of carbonyl (C=O) groups excluding carboxylic acids is 3. The molecule has 0 bridgehead atoms. The van der Waals surface area contributed by atoms with E-state index in [1.165, 1.54) is 14.2 Å². The van der Waals surface area contributed by atoms with Gasteiger partial charge in [-0.2, -0.15) is 0 Å². The van der Waals surface area contributed by atoms with Gasteiger partial charge in [-0.1, -0.05) is 17.7 Å². The molecule has 1 saturated heterocycles. The van der Waals surface area contributed by atoms with Gasteiger partial charge in [-0.3, -0.25) is 4.79 Å². The van der Waals surface area contributed by atoms with Crippen LogP contribution in [-0.2, 0) is 19.1 Å². The van der Waals surface area contributed by atoms with Gasteiger partial charge in [0.05, 0.1) is 20.3 Å². The molecular formula is C24H27N3O5. The zero-order valence-corrected chi connectivity index (χ0v) is 18.5. The fourth-order valence-electron chi connectivity index (χ4n) is 3.39. The van der Waals surface area contributed by atoms with Crippen LogP contribution in [0, 0.1) is 6.92 Å². The molecule has 1 amide bonds. The summed E-state index contributed by atoms with van der Waals surface area (Å²) in [5.41, 5.74) is 3.46. The third-order valence-corrected chi connectivity index (χ3v) is 5.25. The lowest BCUT2D eigenvalue weighted by Gasteiger charge is -2.36. The van der Waals surface area contributed by atoms with Crippen LogP contribution >= 0.6 is 0 Å². The van der Waals surface area contributed by atoms with Crippen LogP contribution in [0.5, 0.6) is 0 Å². The van der Waals surface area contributed by atoms with Crippen LogP contribution in [0.3, 0.4) is 0 Å². The summed E-state index contributed by atoms with van der Waals surface area (Å²) in [5.74, 6) is -1.28. The van der Waals surface area contributed by atoms with E-state index in [9.17, 15) is 14.4 Å². The molecule has 32 heavy (non-hydrogen) atoms. The van der Waals surface area contributed by atoms with Gasteiger partial charge in [-0.15, -0.1) is 0 Å². The summed E-state index contributed by atoms with van der Waals surface area (Å²) in [5, 5.41) is 2.88. The lowest BCUT2D eigenvalue weighted by molar-refractivity contribution is -0.138. The number of hydrogen-bond donors (Lipinski definition) is 1. The number of nitrogens with zero attached hydrogens (tertiary/aromatic N) is 2. The van der Waals surface area contributed by atoms with Crippen molar-refractivity contribution in [2.45, 2.75) is 6.92 Å². The summed E-state index contributed by atoms with van der Waals surface area (Å²) >= 11 is 0. The summed E-state index contributed by atoms with van der Waals surface area (Å²) in [6.45, 7) is 4.72. The Morgan fingerprint density at radius 2 is 1.50 bits per heavy atom. The maximum absolute atomic E-state index is 12.7. The first-order valence-corrected chi connectivity index (χ1v) is 10.3. The summed E-state index contributed by atoms with van der Waals surface area (Å²) in [7, 11) is 2.47. The second-order valence-electron chi connectivity index (χ2n) is 7.39. The standard InChI is InChI=1S/C24H27N3O5/c1-17-4-6-18(7-5-17)23(29)27-14-12-26(13-15-27)20-10-8-19(9-11-20)25-21(24(30)32-3)16-22(28)31-2/h4-11,16,25H,12-15H2,1-3H3/b21-16+. The van der Waals surface area contributed by atoms with E-state index >= 15 is 0 Å². The van der Waals surface area contributed by atoms with Gasteiger partial charge in [0.25, 0.3) is 5.91 Å². The average molecular weight is 437 g/mol. The van der Waals surface area contributed by atoms with Crippen LogP contribution in [0.1, 0.15) is 15.9 Å². The van der Waals surface area contributed by atoms with Gasteiger partial charge in [0, 0.05) is 43.1 Å². The third-order valence-electron chi connectivity index (χ3n) is 5.25. The number of rotatable bonds is 6. The van der Waals surface area contributed by atoms with Crippen molar-refractivity contribution in [2.24, 2.45) is 0 Å². The maximum atomic E-state index is 12.7. The molecule has 2 aromatic carbocycles. The highest BCUT2D eigenvalue weighted by Gasteiger charge is 2.22. The Labute approximate surface area is 187 Å². The molecule has 1 fully saturated rings. The number of aryl methyl sites for hydroxylation is 1. The molecule has 0 aliphatic carbocycles. The Balaban J connectivity index is 1.60. The molecule has 1 aliphatic rings. The van der Waals surface area contributed by atoms with Gasteiger partial charge < -0.3 is 24.6 Å². The van der Waals surface area contributed by atoms with E-state index in [1.54, 1.807) is 0 Å². The minimum atomic E-state index is -0.672. The number of piperazine rings is 1. The van der Waals surface area contributed by atoms with E-state index in [0.29, 0.717) is 24.3 Å². The van der Waals surface area contributed by atoms with Crippen LogP contribution in [-0.4, -0.2) is 63.1 Å². The number of esters is 2. The lowest BCUT2D eigenvalue weighted by Crippen LogP contribution is -2.48. The number of carbonyl (C=O) groups is 3. The first-order valence-electron chi connectivity index (χ1n) is 10.3. The summed E-state index contributed by atoms with van der Waals surface area (Å²) in [6, 6.07) is 15.1. The molecule has 1 heterocycles. The van der Waals surface area contributed by atoms with Gasteiger partial charge in [0.15, 0.2) is 0 Å². The van der Waals surface area contributed by atoms with Crippen molar-refractivity contribution in [3.63, 3.8) is 0 Å². The van der Waals surface area contributed by atoms with E-state index < -0.39 is 11.9 Å². The number of anilines is 2. The molecule has 8 nitrogen and oxygen atoms in total. The van der Waals surface area contributed by atoms with Crippen molar-refractivity contribution in [1.29, 1.82) is 0 Å². The molecule has 0 radical (unpaired) electrons. The topological polar surface area (TPSA) is 88.2 Å². The van der Waals surface area contributed by atoms with Crippen LogP contribution in [0.25, 0.3) is 0 Å². The van der Waals surface area contributed by atoms with E-state index in [2.05, 4.69) is 15.0 Å². The Morgan fingerprint density at radius 3 is 2.06 bits per heavy atom. The number of amides is 1. The van der Waals surface area contributed by atoms with Crippen LogP contribution < -0.4 is 10.2 Å². The fourth-order valence-corrected chi connectivity index (χ4v) is 3.39. The Hall–Kier alpha value is -3.81. The predicted octanol–water partition coefficient (Wildman–Crippen LogP) is 2.60. The molecule has 3 rings (SSSR count). The van der Waals surface area contributed by atoms with Crippen LogP contribution in [0.2, 0.25) is 0 Å². The minimum Gasteiger partial charge on any atom is -0.466 e. The molecule has 0 unspecified atom stereocenters. The smallest absolute Gasteiger partial charge is 0.354 e. The zero-order chi connectivity index (χ0) is 23.1. The highest BCUT2D eigenvalue weighted by Crippen LogP contribution is 2.21. The van der Waals surface area contributed by atoms with Crippen molar-refractivity contribution in [2.75, 3.05) is 50.6 Å². The van der Waals surface area contributed by atoms with Gasteiger partial charge in [0.2, 0.25) is 0 Å².